The van der Waals surface area contributed by atoms with Gasteiger partial charge in [-0.3, -0.25) is 4.79 Å². The molecular formula is C17H27ClN2O2. The third-order valence-electron chi connectivity index (χ3n) is 4.02. The molecular weight excluding hydrogens is 300 g/mol. The van der Waals surface area contributed by atoms with Crippen molar-refractivity contribution < 1.29 is 9.53 Å². The van der Waals surface area contributed by atoms with Crippen LogP contribution in [0.25, 0.3) is 0 Å². The summed E-state index contributed by atoms with van der Waals surface area (Å²) in [5.74, 6) is 1.04. The molecule has 0 bridgehead atoms. The summed E-state index contributed by atoms with van der Waals surface area (Å²) in [7, 11) is 1.65. The number of hydrogen-bond acceptors (Lipinski definition) is 3. The number of hydrogen-bond donors (Lipinski definition) is 1. The quantitative estimate of drug-likeness (QED) is 0.874. The van der Waals surface area contributed by atoms with Gasteiger partial charge in [-0.15, -0.1) is 12.4 Å². The molecule has 0 unspecified atom stereocenters. The molecule has 1 heterocycles. The third kappa shape index (κ3) is 5.18. The van der Waals surface area contributed by atoms with Gasteiger partial charge in [-0.05, 0) is 50.0 Å². The number of piperidine rings is 1. The predicted molar refractivity (Wildman–Crippen MR) is 91.8 cm³/mol. The summed E-state index contributed by atoms with van der Waals surface area (Å²) in [6.07, 6.45) is 3.59. The minimum Gasteiger partial charge on any atom is -0.497 e. The summed E-state index contributed by atoms with van der Waals surface area (Å²) >= 11 is 0. The molecule has 1 saturated heterocycles. The maximum absolute atomic E-state index is 12.7. The minimum absolute atomic E-state index is 0. The van der Waals surface area contributed by atoms with Gasteiger partial charge >= 0.3 is 0 Å². The molecule has 1 aromatic carbocycles. The van der Waals surface area contributed by atoms with Crippen LogP contribution in [0.3, 0.4) is 0 Å². The van der Waals surface area contributed by atoms with Crippen molar-refractivity contribution in [2.75, 3.05) is 26.7 Å². The largest absolute Gasteiger partial charge is 0.497 e. The number of amides is 1. The van der Waals surface area contributed by atoms with E-state index in [2.05, 4.69) is 17.1 Å². The van der Waals surface area contributed by atoms with Crippen LogP contribution in [0.15, 0.2) is 24.3 Å². The molecule has 0 radical (unpaired) electrons. The van der Waals surface area contributed by atoms with Gasteiger partial charge in [0.2, 0.25) is 5.91 Å². The van der Waals surface area contributed by atoms with Crippen molar-refractivity contribution in [3.8, 4) is 5.75 Å². The number of rotatable bonds is 6. The normalized spacial score (nSPS) is 15.0. The number of carbonyl (C=O) groups is 1. The van der Waals surface area contributed by atoms with Gasteiger partial charge in [0, 0.05) is 12.6 Å². The van der Waals surface area contributed by atoms with Crippen LogP contribution >= 0.6 is 12.4 Å². The van der Waals surface area contributed by atoms with Crippen LogP contribution < -0.4 is 10.1 Å². The van der Waals surface area contributed by atoms with Crippen molar-refractivity contribution in [2.24, 2.45) is 0 Å². The van der Waals surface area contributed by atoms with Crippen LogP contribution in [-0.2, 0) is 11.2 Å². The summed E-state index contributed by atoms with van der Waals surface area (Å²) in [4.78, 5) is 14.7. The lowest BCUT2D eigenvalue weighted by atomic mass is 10.0. The Balaban J connectivity index is 0.00000242. The summed E-state index contributed by atoms with van der Waals surface area (Å²) in [6.45, 7) is 5.01. The third-order valence-corrected chi connectivity index (χ3v) is 4.02. The highest BCUT2D eigenvalue weighted by molar-refractivity contribution is 5.85. The van der Waals surface area contributed by atoms with Crippen molar-refractivity contribution in [3.63, 3.8) is 0 Å². The number of nitrogens with one attached hydrogen (secondary N) is 1. The molecule has 1 aromatic rings. The number of halogens is 1. The molecule has 1 N–H and O–H groups in total. The van der Waals surface area contributed by atoms with Crippen molar-refractivity contribution in [3.05, 3.63) is 29.8 Å². The first kappa shape index (κ1) is 18.8. The molecule has 22 heavy (non-hydrogen) atoms. The van der Waals surface area contributed by atoms with E-state index in [1.807, 2.05) is 24.3 Å². The van der Waals surface area contributed by atoms with Gasteiger partial charge in [0.1, 0.15) is 5.75 Å². The van der Waals surface area contributed by atoms with Crippen molar-refractivity contribution in [1.82, 2.24) is 10.2 Å². The van der Waals surface area contributed by atoms with Gasteiger partial charge in [-0.1, -0.05) is 19.1 Å². The molecule has 2 rings (SSSR count). The molecule has 0 aliphatic carbocycles. The van der Waals surface area contributed by atoms with Crippen LogP contribution in [0.2, 0.25) is 0 Å². The van der Waals surface area contributed by atoms with E-state index in [0.717, 1.165) is 50.2 Å². The van der Waals surface area contributed by atoms with Gasteiger partial charge in [0.05, 0.1) is 13.5 Å². The maximum atomic E-state index is 12.7. The molecule has 0 aromatic heterocycles. The average Bonchev–Trinajstić information content (AvgIpc) is 2.53. The fourth-order valence-corrected chi connectivity index (χ4v) is 2.93. The van der Waals surface area contributed by atoms with Gasteiger partial charge in [0.25, 0.3) is 0 Å². The second-order valence-corrected chi connectivity index (χ2v) is 5.60. The molecule has 0 saturated carbocycles. The summed E-state index contributed by atoms with van der Waals surface area (Å²) in [5, 5.41) is 3.36. The van der Waals surface area contributed by atoms with Gasteiger partial charge in [-0.25, -0.2) is 0 Å². The SMILES string of the molecule is CCCN(C(=O)Cc1cccc(OC)c1)C1CCNCC1.Cl. The highest BCUT2D eigenvalue weighted by atomic mass is 35.5. The second-order valence-electron chi connectivity index (χ2n) is 5.60. The van der Waals surface area contributed by atoms with E-state index >= 15 is 0 Å². The Morgan fingerprint density at radius 2 is 2.09 bits per heavy atom. The number of carbonyl (C=O) groups excluding carboxylic acids is 1. The zero-order valence-electron chi connectivity index (χ0n) is 13.5. The molecule has 0 atom stereocenters. The van der Waals surface area contributed by atoms with Gasteiger partial charge < -0.3 is 15.0 Å². The van der Waals surface area contributed by atoms with E-state index in [9.17, 15) is 4.79 Å². The Kier molecular flexibility index (Phi) is 8.28. The lowest BCUT2D eigenvalue weighted by molar-refractivity contribution is -0.133. The number of methoxy groups -OCH3 is 1. The first-order valence-electron chi connectivity index (χ1n) is 7.87. The van der Waals surface area contributed by atoms with Gasteiger partial charge in [0.15, 0.2) is 0 Å². The first-order valence-corrected chi connectivity index (χ1v) is 7.87. The minimum atomic E-state index is 0. The Morgan fingerprint density at radius 3 is 2.73 bits per heavy atom. The van der Waals surface area contributed by atoms with Crippen LogP contribution in [0.4, 0.5) is 0 Å². The Hall–Kier alpha value is -1.26. The van der Waals surface area contributed by atoms with E-state index in [1.165, 1.54) is 0 Å². The van der Waals surface area contributed by atoms with E-state index in [-0.39, 0.29) is 18.3 Å². The summed E-state index contributed by atoms with van der Waals surface area (Å²) < 4.78 is 5.23. The highest BCUT2D eigenvalue weighted by Gasteiger charge is 2.24. The zero-order chi connectivity index (χ0) is 15.1. The molecule has 124 valence electrons. The zero-order valence-corrected chi connectivity index (χ0v) is 14.3. The Labute approximate surface area is 139 Å². The van der Waals surface area contributed by atoms with Crippen LogP contribution in [0.1, 0.15) is 31.7 Å². The van der Waals surface area contributed by atoms with Crippen LogP contribution in [0, 0.1) is 0 Å². The maximum Gasteiger partial charge on any atom is 0.227 e. The first-order chi connectivity index (χ1) is 10.2. The second kappa shape index (κ2) is 9.70. The van der Waals surface area contributed by atoms with Crippen molar-refractivity contribution in [1.29, 1.82) is 0 Å². The smallest absolute Gasteiger partial charge is 0.227 e. The summed E-state index contributed by atoms with van der Waals surface area (Å²) in [6, 6.07) is 8.18. The van der Waals surface area contributed by atoms with Crippen molar-refractivity contribution >= 4 is 18.3 Å². The van der Waals surface area contributed by atoms with Crippen molar-refractivity contribution in [2.45, 2.75) is 38.6 Å². The Bertz CT molecular complexity index is 462. The standard InChI is InChI=1S/C17H26N2O2.ClH/c1-3-11-19(15-7-9-18-10-8-15)17(20)13-14-5-4-6-16(12-14)21-2;/h4-6,12,15,18H,3,7-11,13H2,1-2H3;1H. The monoisotopic (exact) mass is 326 g/mol. The van der Waals surface area contributed by atoms with Gasteiger partial charge in [-0.2, -0.15) is 0 Å². The molecule has 0 spiro atoms. The molecule has 1 fully saturated rings. The predicted octanol–water partition coefficient (Wildman–Crippen LogP) is 2.65. The molecule has 1 amide bonds. The molecule has 5 heteroatoms. The average molecular weight is 327 g/mol. The van der Waals surface area contributed by atoms with E-state index in [1.54, 1.807) is 7.11 Å². The summed E-state index contributed by atoms with van der Waals surface area (Å²) in [5.41, 5.74) is 1.02. The van der Waals surface area contributed by atoms with E-state index in [0.29, 0.717) is 12.5 Å². The number of ether oxygens (including phenoxy) is 1. The van der Waals surface area contributed by atoms with E-state index in [4.69, 9.17) is 4.74 Å². The topological polar surface area (TPSA) is 41.6 Å². The van der Waals surface area contributed by atoms with E-state index < -0.39 is 0 Å². The molecule has 1 aliphatic heterocycles. The highest BCUT2D eigenvalue weighted by Crippen LogP contribution is 2.17. The number of benzene rings is 1. The fraction of sp³-hybridized carbons (Fsp3) is 0.588. The lowest BCUT2D eigenvalue weighted by Gasteiger charge is -2.34. The van der Waals surface area contributed by atoms with Crippen LogP contribution in [-0.4, -0.2) is 43.6 Å². The Morgan fingerprint density at radius 1 is 1.36 bits per heavy atom. The van der Waals surface area contributed by atoms with Crippen LogP contribution in [0.5, 0.6) is 5.75 Å². The molecule has 1 aliphatic rings. The lowest BCUT2D eigenvalue weighted by Crippen LogP contribution is -2.47. The fourth-order valence-electron chi connectivity index (χ4n) is 2.93. The molecule has 4 nitrogen and oxygen atoms in total. The number of nitrogens with zero attached hydrogens (tertiary/aromatic N) is 1.